The molecule has 0 aliphatic heterocycles. The average molecular weight is 197 g/mol. The Morgan fingerprint density at radius 3 is 2.85 bits per heavy atom. The largest absolute Gasteiger partial charge is 0.305 e. The predicted octanol–water partition coefficient (Wildman–Crippen LogP) is 2.37. The first-order chi connectivity index (χ1) is 6.27. The molecule has 0 heterocycles. The Kier molecular flexibility index (Phi) is 4.28. The normalized spacial score (nSPS) is 10.4. The van der Waals surface area contributed by atoms with Gasteiger partial charge in [-0.15, -0.1) is 11.8 Å². The van der Waals surface area contributed by atoms with Gasteiger partial charge in [0.2, 0.25) is 0 Å². The standard InChI is InChI=1S/C10H15NOS/c1-8-4-5-9(7-11-12-2)10(6-8)13-3/h4-6,11H,7H2,1-3H3. The van der Waals surface area contributed by atoms with E-state index in [1.807, 2.05) is 0 Å². The van der Waals surface area contributed by atoms with Gasteiger partial charge in [-0.25, -0.2) is 0 Å². The highest BCUT2D eigenvalue weighted by atomic mass is 32.2. The molecule has 0 saturated heterocycles. The van der Waals surface area contributed by atoms with Gasteiger partial charge < -0.3 is 4.84 Å². The highest BCUT2D eigenvalue weighted by molar-refractivity contribution is 7.98. The van der Waals surface area contributed by atoms with Gasteiger partial charge in [-0.2, -0.15) is 5.48 Å². The summed E-state index contributed by atoms with van der Waals surface area (Å²) in [6.07, 6.45) is 2.09. The van der Waals surface area contributed by atoms with Crippen molar-refractivity contribution in [2.45, 2.75) is 18.4 Å². The van der Waals surface area contributed by atoms with Gasteiger partial charge >= 0.3 is 0 Å². The van der Waals surface area contributed by atoms with Gasteiger partial charge in [-0.05, 0) is 30.4 Å². The van der Waals surface area contributed by atoms with Crippen LogP contribution in [0, 0.1) is 6.92 Å². The van der Waals surface area contributed by atoms with Crippen molar-refractivity contribution < 1.29 is 4.84 Å². The Morgan fingerprint density at radius 1 is 1.46 bits per heavy atom. The van der Waals surface area contributed by atoms with Crippen molar-refractivity contribution in [2.24, 2.45) is 0 Å². The molecule has 1 N–H and O–H groups in total. The van der Waals surface area contributed by atoms with E-state index in [0.717, 1.165) is 6.54 Å². The summed E-state index contributed by atoms with van der Waals surface area (Å²) in [6, 6.07) is 6.44. The lowest BCUT2D eigenvalue weighted by atomic mass is 10.1. The Labute approximate surface area is 83.6 Å². The third-order valence-electron chi connectivity index (χ3n) is 1.85. The Balaban J connectivity index is 2.79. The number of nitrogens with one attached hydrogen (secondary N) is 1. The van der Waals surface area contributed by atoms with Gasteiger partial charge in [0.1, 0.15) is 0 Å². The molecule has 3 heteroatoms. The molecule has 13 heavy (non-hydrogen) atoms. The van der Waals surface area contributed by atoms with Crippen LogP contribution in [0.3, 0.4) is 0 Å². The lowest BCUT2D eigenvalue weighted by molar-refractivity contribution is 0.0862. The minimum absolute atomic E-state index is 0.757. The van der Waals surface area contributed by atoms with Crippen LogP contribution in [0.4, 0.5) is 0 Å². The van der Waals surface area contributed by atoms with Crippen molar-refractivity contribution in [3.05, 3.63) is 29.3 Å². The highest BCUT2D eigenvalue weighted by Gasteiger charge is 2.00. The second-order valence-electron chi connectivity index (χ2n) is 2.84. The van der Waals surface area contributed by atoms with Crippen molar-refractivity contribution in [3.8, 4) is 0 Å². The van der Waals surface area contributed by atoms with E-state index in [9.17, 15) is 0 Å². The fourth-order valence-electron chi connectivity index (χ4n) is 1.15. The molecule has 0 saturated carbocycles. The lowest BCUT2D eigenvalue weighted by Crippen LogP contribution is -2.11. The van der Waals surface area contributed by atoms with E-state index in [1.54, 1.807) is 18.9 Å². The summed E-state index contributed by atoms with van der Waals surface area (Å²) in [6.45, 7) is 2.86. The molecule has 1 rings (SSSR count). The van der Waals surface area contributed by atoms with E-state index >= 15 is 0 Å². The molecule has 72 valence electrons. The number of hydroxylamine groups is 1. The van der Waals surface area contributed by atoms with Crippen molar-refractivity contribution >= 4 is 11.8 Å². The van der Waals surface area contributed by atoms with E-state index in [1.165, 1.54) is 16.0 Å². The molecule has 0 unspecified atom stereocenters. The lowest BCUT2D eigenvalue weighted by Gasteiger charge is -2.08. The van der Waals surface area contributed by atoms with Crippen LogP contribution in [0.5, 0.6) is 0 Å². The van der Waals surface area contributed by atoms with Crippen LogP contribution in [0.2, 0.25) is 0 Å². The van der Waals surface area contributed by atoms with Crippen LogP contribution < -0.4 is 5.48 Å². The van der Waals surface area contributed by atoms with Crippen molar-refractivity contribution in [3.63, 3.8) is 0 Å². The fourth-order valence-corrected chi connectivity index (χ4v) is 1.85. The van der Waals surface area contributed by atoms with E-state index < -0.39 is 0 Å². The first-order valence-corrected chi connectivity index (χ1v) is 5.39. The van der Waals surface area contributed by atoms with Crippen LogP contribution in [-0.4, -0.2) is 13.4 Å². The monoisotopic (exact) mass is 197 g/mol. The molecule has 0 radical (unpaired) electrons. The quantitative estimate of drug-likeness (QED) is 0.591. The highest BCUT2D eigenvalue weighted by Crippen LogP contribution is 2.21. The molecule has 0 bridgehead atoms. The molecule has 0 aliphatic rings. The van der Waals surface area contributed by atoms with Crippen molar-refractivity contribution in [1.29, 1.82) is 0 Å². The summed E-state index contributed by atoms with van der Waals surface area (Å²) in [5.74, 6) is 0. The van der Waals surface area contributed by atoms with Gasteiger partial charge in [0.15, 0.2) is 0 Å². The zero-order chi connectivity index (χ0) is 9.68. The maximum atomic E-state index is 4.82. The number of hydrogen-bond donors (Lipinski definition) is 1. The first kappa shape index (κ1) is 10.6. The summed E-state index contributed by atoms with van der Waals surface area (Å²) in [5.41, 5.74) is 5.42. The van der Waals surface area contributed by atoms with Gasteiger partial charge in [0.05, 0.1) is 7.11 Å². The summed E-state index contributed by atoms with van der Waals surface area (Å²) >= 11 is 1.76. The van der Waals surface area contributed by atoms with Gasteiger partial charge in [0, 0.05) is 11.4 Å². The summed E-state index contributed by atoms with van der Waals surface area (Å²) in [7, 11) is 1.63. The molecule has 0 spiro atoms. The topological polar surface area (TPSA) is 21.3 Å². The van der Waals surface area contributed by atoms with Crippen LogP contribution >= 0.6 is 11.8 Å². The Hall–Kier alpha value is -0.510. The van der Waals surface area contributed by atoms with Crippen LogP contribution in [0.25, 0.3) is 0 Å². The SMILES string of the molecule is CONCc1ccc(C)cc1SC. The second-order valence-corrected chi connectivity index (χ2v) is 3.69. The van der Waals surface area contributed by atoms with E-state index in [4.69, 9.17) is 4.84 Å². The number of thioether (sulfide) groups is 1. The van der Waals surface area contributed by atoms with E-state index in [-0.39, 0.29) is 0 Å². The zero-order valence-corrected chi connectivity index (χ0v) is 9.07. The molecule has 0 atom stereocenters. The molecule has 0 fully saturated rings. The minimum Gasteiger partial charge on any atom is -0.305 e. The molecule has 2 nitrogen and oxygen atoms in total. The number of rotatable bonds is 4. The average Bonchev–Trinajstić information content (AvgIpc) is 2.16. The van der Waals surface area contributed by atoms with Gasteiger partial charge in [-0.1, -0.05) is 12.1 Å². The van der Waals surface area contributed by atoms with Gasteiger partial charge in [0.25, 0.3) is 0 Å². The van der Waals surface area contributed by atoms with Gasteiger partial charge in [-0.3, -0.25) is 0 Å². The molecule has 0 amide bonds. The van der Waals surface area contributed by atoms with Crippen LogP contribution in [0.1, 0.15) is 11.1 Å². The van der Waals surface area contributed by atoms with E-state index in [2.05, 4.69) is 36.9 Å². The third kappa shape index (κ3) is 3.03. The number of hydrogen-bond acceptors (Lipinski definition) is 3. The molecule has 0 aromatic heterocycles. The summed E-state index contributed by atoms with van der Waals surface area (Å²) in [5, 5.41) is 0. The fraction of sp³-hybridized carbons (Fsp3) is 0.400. The molecule has 1 aromatic rings. The first-order valence-electron chi connectivity index (χ1n) is 4.17. The maximum absolute atomic E-state index is 4.82. The van der Waals surface area contributed by atoms with Crippen LogP contribution in [0.15, 0.2) is 23.1 Å². The number of benzene rings is 1. The predicted molar refractivity (Wildman–Crippen MR) is 56.8 cm³/mol. The van der Waals surface area contributed by atoms with Crippen molar-refractivity contribution in [1.82, 2.24) is 5.48 Å². The molecular formula is C10H15NOS. The summed E-state index contributed by atoms with van der Waals surface area (Å²) in [4.78, 5) is 6.13. The molecule has 0 aliphatic carbocycles. The van der Waals surface area contributed by atoms with Crippen molar-refractivity contribution in [2.75, 3.05) is 13.4 Å². The molecular weight excluding hydrogens is 182 g/mol. The molecule has 1 aromatic carbocycles. The Morgan fingerprint density at radius 2 is 2.23 bits per heavy atom. The summed E-state index contributed by atoms with van der Waals surface area (Å²) < 4.78 is 0. The second kappa shape index (κ2) is 5.27. The maximum Gasteiger partial charge on any atom is 0.0572 e. The zero-order valence-electron chi connectivity index (χ0n) is 8.26. The Bertz CT molecular complexity index is 276. The number of aryl methyl sites for hydroxylation is 1. The van der Waals surface area contributed by atoms with E-state index in [0.29, 0.717) is 0 Å². The van der Waals surface area contributed by atoms with Crippen LogP contribution in [-0.2, 0) is 11.4 Å². The third-order valence-corrected chi connectivity index (χ3v) is 2.67. The smallest absolute Gasteiger partial charge is 0.0572 e. The minimum atomic E-state index is 0.757.